The van der Waals surface area contributed by atoms with E-state index in [0.717, 1.165) is 24.8 Å². The summed E-state index contributed by atoms with van der Waals surface area (Å²) in [6.45, 7) is 3.67. The number of carbonyl (C=O) groups is 2. The van der Waals surface area contributed by atoms with Gasteiger partial charge in [0, 0.05) is 32.1 Å². The van der Waals surface area contributed by atoms with Crippen LogP contribution in [-0.4, -0.2) is 42.5 Å². The Hall–Kier alpha value is -2.11. The predicted octanol–water partition coefficient (Wildman–Crippen LogP) is 2.07. The maximum Gasteiger partial charge on any atom is 0.315 e. The quantitative estimate of drug-likeness (QED) is 0.788. The summed E-state index contributed by atoms with van der Waals surface area (Å²) in [6, 6.07) is 6.31. The molecule has 3 amide bonds. The monoisotopic (exact) mass is 321 g/mol. The average Bonchev–Trinajstić information content (AvgIpc) is 2.99. The zero-order valence-corrected chi connectivity index (χ0v) is 13.5. The van der Waals surface area contributed by atoms with Crippen molar-refractivity contribution in [1.29, 1.82) is 0 Å². The molecule has 1 heterocycles. The van der Waals surface area contributed by atoms with Gasteiger partial charge >= 0.3 is 6.03 Å². The lowest BCUT2D eigenvalue weighted by molar-refractivity contribution is -0.129. The summed E-state index contributed by atoms with van der Waals surface area (Å²) in [5.74, 6) is -0.106. The fourth-order valence-electron chi connectivity index (χ4n) is 2.75. The summed E-state index contributed by atoms with van der Waals surface area (Å²) in [6.07, 6.45) is 2.77. The van der Waals surface area contributed by atoms with Crippen molar-refractivity contribution in [3.63, 3.8) is 0 Å². The number of likely N-dealkylation sites (tertiary alicyclic amines) is 1. The molecule has 0 bridgehead atoms. The van der Waals surface area contributed by atoms with E-state index in [1.54, 1.807) is 11.0 Å². The SMILES string of the molecule is CCC(=O)N1CCC(NC(=O)NCCCc2cccc(F)c2)C1. The van der Waals surface area contributed by atoms with Gasteiger partial charge in [0.1, 0.15) is 5.82 Å². The van der Waals surface area contributed by atoms with Crippen LogP contribution in [-0.2, 0) is 11.2 Å². The van der Waals surface area contributed by atoms with E-state index in [1.807, 2.05) is 13.0 Å². The van der Waals surface area contributed by atoms with Crippen molar-refractivity contribution in [2.75, 3.05) is 19.6 Å². The van der Waals surface area contributed by atoms with Gasteiger partial charge < -0.3 is 15.5 Å². The predicted molar refractivity (Wildman–Crippen MR) is 86.5 cm³/mol. The minimum Gasteiger partial charge on any atom is -0.341 e. The molecule has 6 heteroatoms. The van der Waals surface area contributed by atoms with Gasteiger partial charge in [0.15, 0.2) is 0 Å². The number of hydrogen-bond acceptors (Lipinski definition) is 2. The second-order valence-corrected chi connectivity index (χ2v) is 5.81. The molecule has 1 unspecified atom stereocenters. The first-order chi connectivity index (χ1) is 11.1. The van der Waals surface area contributed by atoms with Crippen LogP contribution in [0.1, 0.15) is 31.7 Å². The van der Waals surface area contributed by atoms with Crippen molar-refractivity contribution in [2.45, 2.75) is 38.6 Å². The summed E-state index contributed by atoms with van der Waals surface area (Å²) in [4.78, 5) is 25.2. The zero-order chi connectivity index (χ0) is 16.7. The van der Waals surface area contributed by atoms with Crippen molar-refractivity contribution in [3.8, 4) is 0 Å². The normalized spacial score (nSPS) is 17.1. The molecule has 1 atom stereocenters. The van der Waals surface area contributed by atoms with E-state index in [2.05, 4.69) is 10.6 Å². The van der Waals surface area contributed by atoms with E-state index in [-0.39, 0.29) is 23.8 Å². The molecule has 0 aliphatic carbocycles. The third kappa shape index (κ3) is 5.54. The number of halogens is 1. The number of amides is 3. The topological polar surface area (TPSA) is 61.4 Å². The lowest BCUT2D eigenvalue weighted by Gasteiger charge is -2.16. The third-order valence-corrected chi connectivity index (χ3v) is 4.00. The Bertz CT molecular complexity index is 550. The van der Waals surface area contributed by atoms with Gasteiger partial charge in [0.2, 0.25) is 5.91 Å². The molecule has 1 aliphatic heterocycles. The summed E-state index contributed by atoms with van der Waals surface area (Å²) in [7, 11) is 0. The van der Waals surface area contributed by atoms with Crippen LogP contribution in [0.25, 0.3) is 0 Å². The van der Waals surface area contributed by atoms with Gasteiger partial charge in [0.05, 0.1) is 0 Å². The average molecular weight is 321 g/mol. The summed E-state index contributed by atoms with van der Waals surface area (Å²) < 4.78 is 13.0. The lowest BCUT2D eigenvalue weighted by Crippen LogP contribution is -2.44. The fourth-order valence-corrected chi connectivity index (χ4v) is 2.75. The number of benzene rings is 1. The van der Waals surface area contributed by atoms with Gasteiger partial charge in [-0.15, -0.1) is 0 Å². The van der Waals surface area contributed by atoms with Crippen LogP contribution >= 0.6 is 0 Å². The highest BCUT2D eigenvalue weighted by atomic mass is 19.1. The van der Waals surface area contributed by atoms with Crippen LogP contribution in [0, 0.1) is 5.82 Å². The highest BCUT2D eigenvalue weighted by Crippen LogP contribution is 2.10. The van der Waals surface area contributed by atoms with Gasteiger partial charge in [-0.3, -0.25) is 4.79 Å². The zero-order valence-electron chi connectivity index (χ0n) is 13.5. The minimum atomic E-state index is -0.236. The number of urea groups is 1. The molecule has 5 nitrogen and oxygen atoms in total. The number of carbonyl (C=O) groups excluding carboxylic acids is 2. The third-order valence-electron chi connectivity index (χ3n) is 4.00. The lowest BCUT2D eigenvalue weighted by atomic mass is 10.1. The Kier molecular flexibility index (Phi) is 6.38. The molecule has 126 valence electrons. The molecule has 1 aromatic carbocycles. The van der Waals surface area contributed by atoms with E-state index in [1.165, 1.54) is 12.1 Å². The number of aryl methyl sites for hydroxylation is 1. The van der Waals surface area contributed by atoms with Gasteiger partial charge in [-0.2, -0.15) is 0 Å². The Morgan fingerprint density at radius 1 is 1.39 bits per heavy atom. The van der Waals surface area contributed by atoms with E-state index in [4.69, 9.17) is 0 Å². The highest BCUT2D eigenvalue weighted by Gasteiger charge is 2.26. The molecule has 1 fully saturated rings. The number of rotatable bonds is 6. The fraction of sp³-hybridized carbons (Fsp3) is 0.529. The van der Waals surface area contributed by atoms with E-state index in [9.17, 15) is 14.0 Å². The Balaban J connectivity index is 1.61. The number of nitrogens with zero attached hydrogens (tertiary/aromatic N) is 1. The molecular formula is C17H24FN3O2. The Morgan fingerprint density at radius 2 is 2.22 bits per heavy atom. The first kappa shape index (κ1) is 17.2. The second-order valence-electron chi connectivity index (χ2n) is 5.81. The van der Waals surface area contributed by atoms with Crippen LogP contribution in [0.2, 0.25) is 0 Å². The van der Waals surface area contributed by atoms with E-state index < -0.39 is 0 Å². The van der Waals surface area contributed by atoms with Crippen molar-refractivity contribution >= 4 is 11.9 Å². The number of hydrogen-bond donors (Lipinski definition) is 2. The standard InChI is InChI=1S/C17H24FN3O2/c1-2-16(22)21-10-8-15(12-21)20-17(23)19-9-4-6-13-5-3-7-14(18)11-13/h3,5,7,11,15H,2,4,6,8-10,12H2,1H3,(H2,19,20,23). The summed E-state index contributed by atoms with van der Waals surface area (Å²) >= 11 is 0. The molecule has 0 radical (unpaired) electrons. The van der Waals surface area contributed by atoms with Crippen LogP contribution in [0.3, 0.4) is 0 Å². The maximum absolute atomic E-state index is 13.0. The molecule has 1 aromatic rings. The van der Waals surface area contributed by atoms with Crippen LogP contribution in [0.15, 0.2) is 24.3 Å². The smallest absolute Gasteiger partial charge is 0.315 e. The molecule has 2 rings (SSSR count). The largest absolute Gasteiger partial charge is 0.341 e. The Morgan fingerprint density at radius 3 is 2.96 bits per heavy atom. The van der Waals surface area contributed by atoms with E-state index >= 15 is 0 Å². The molecule has 0 spiro atoms. The molecule has 0 aromatic heterocycles. The summed E-state index contributed by atoms with van der Waals surface area (Å²) in [5.41, 5.74) is 0.928. The van der Waals surface area contributed by atoms with Gasteiger partial charge in [-0.05, 0) is 37.0 Å². The van der Waals surface area contributed by atoms with Gasteiger partial charge in [0.25, 0.3) is 0 Å². The highest BCUT2D eigenvalue weighted by molar-refractivity contribution is 5.77. The molecule has 2 N–H and O–H groups in total. The molecule has 23 heavy (non-hydrogen) atoms. The molecular weight excluding hydrogens is 297 g/mol. The maximum atomic E-state index is 13.0. The summed E-state index contributed by atoms with van der Waals surface area (Å²) in [5, 5.41) is 5.70. The van der Waals surface area contributed by atoms with Gasteiger partial charge in [-0.1, -0.05) is 19.1 Å². The van der Waals surface area contributed by atoms with Crippen LogP contribution in [0.4, 0.5) is 9.18 Å². The van der Waals surface area contributed by atoms with E-state index in [0.29, 0.717) is 26.1 Å². The van der Waals surface area contributed by atoms with Crippen LogP contribution < -0.4 is 10.6 Å². The van der Waals surface area contributed by atoms with Crippen LogP contribution in [0.5, 0.6) is 0 Å². The number of nitrogens with one attached hydrogen (secondary N) is 2. The van der Waals surface area contributed by atoms with Gasteiger partial charge in [-0.25, -0.2) is 9.18 Å². The van der Waals surface area contributed by atoms with Crippen molar-refractivity contribution in [2.24, 2.45) is 0 Å². The molecule has 1 saturated heterocycles. The van der Waals surface area contributed by atoms with Crippen molar-refractivity contribution in [1.82, 2.24) is 15.5 Å². The molecule has 1 aliphatic rings. The van der Waals surface area contributed by atoms with Crippen molar-refractivity contribution < 1.29 is 14.0 Å². The second kappa shape index (κ2) is 8.50. The van der Waals surface area contributed by atoms with Crippen molar-refractivity contribution in [3.05, 3.63) is 35.6 Å². The minimum absolute atomic E-state index is 0.0220. The Labute approximate surface area is 136 Å². The first-order valence-corrected chi connectivity index (χ1v) is 8.15. The molecule has 0 saturated carbocycles. The first-order valence-electron chi connectivity index (χ1n) is 8.15.